The number of carbonyl (C=O) groups is 1. The average molecular weight is 595 g/mol. The van der Waals surface area contributed by atoms with Gasteiger partial charge in [-0.25, -0.2) is 9.07 Å². The number of anilines is 1. The minimum Gasteiger partial charge on any atom is -0.354 e. The molecule has 0 radical (unpaired) electrons. The second-order valence-electron chi connectivity index (χ2n) is 9.42. The molecule has 3 heterocycles. The van der Waals surface area contributed by atoms with Gasteiger partial charge in [-0.15, -0.1) is 0 Å². The first-order valence-corrected chi connectivity index (χ1v) is 13.0. The second-order valence-corrected chi connectivity index (χ2v) is 10.3. The monoisotopic (exact) mass is 594 g/mol. The van der Waals surface area contributed by atoms with Gasteiger partial charge < -0.3 is 15.0 Å². The fourth-order valence-electron chi connectivity index (χ4n) is 4.85. The lowest BCUT2D eigenvalue weighted by Gasteiger charge is -2.23. The molecular formula is C29H22BrF3N4O2. The highest BCUT2D eigenvalue weighted by atomic mass is 79.9. The number of halogens is 4. The zero-order valence-electron chi connectivity index (χ0n) is 20.5. The van der Waals surface area contributed by atoms with Crippen molar-refractivity contribution in [3.63, 3.8) is 0 Å². The van der Waals surface area contributed by atoms with Gasteiger partial charge in [0.1, 0.15) is 18.1 Å². The molecule has 1 amide bonds. The third-order valence-electron chi connectivity index (χ3n) is 6.91. The van der Waals surface area contributed by atoms with Gasteiger partial charge in [-0.3, -0.25) is 4.79 Å². The molecule has 1 unspecified atom stereocenters. The first kappa shape index (κ1) is 25.4. The summed E-state index contributed by atoms with van der Waals surface area (Å²) in [4.78, 5) is 14.5. The van der Waals surface area contributed by atoms with Crippen molar-refractivity contribution in [2.24, 2.45) is 0 Å². The van der Waals surface area contributed by atoms with Crippen molar-refractivity contribution >= 4 is 27.5 Å². The van der Waals surface area contributed by atoms with E-state index in [0.29, 0.717) is 34.5 Å². The van der Waals surface area contributed by atoms with E-state index in [-0.39, 0.29) is 36.1 Å². The topological polar surface area (TPSA) is 59.4 Å². The number of carbonyl (C=O) groups excluding carboxylic acids is 1. The standard InChI is InChI=1S/C29H22BrF3N4O2/c1-17-29(32,33)24-14-18(2-11-25(24)34-17)12-13-36-26(38)16-39-28(36)23-15-37(22-9-5-20(30)6-10-22)35-27(23)19-3-7-21(31)8-4-19/h2-11,14-15,28,34H,1,12-13,16H2. The highest BCUT2D eigenvalue weighted by Gasteiger charge is 2.43. The summed E-state index contributed by atoms with van der Waals surface area (Å²) < 4.78 is 51.2. The summed E-state index contributed by atoms with van der Waals surface area (Å²) in [6.45, 7) is 3.54. The Hall–Kier alpha value is -3.89. The predicted octanol–water partition coefficient (Wildman–Crippen LogP) is 6.57. The molecule has 1 aromatic heterocycles. The van der Waals surface area contributed by atoms with Crippen molar-refractivity contribution in [1.29, 1.82) is 0 Å². The molecule has 6 nitrogen and oxygen atoms in total. The third kappa shape index (κ3) is 4.63. The minimum absolute atomic E-state index is 0.122. The summed E-state index contributed by atoms with van der Waals surface area (Å²) in [5, 5.41) is 7.38. The van der Waals surface area contributed by atoms with Gasteiger partial charge in [0.25, 0.3) is 5.91 Å². The number of hydrogen-bond donors (Lipinski definition) is 1. The predicted molar refractivity (Wildman–Crippen MR) is 144 cm³/mol. The van der Waals surface area contributed by atoms with Crippen molar-refractivity contribution in [1.82, 2.24) is 14.7 Å². The molecule has 1 atom stereocenters. The number of hydrogen-bond acceptors (Lipinski definition) is 4. The van der Waals surface area contributed by atoms with Crippen LogP contribution in [0.25, 0.3) is 16.9 Å². The fourth-order valence-corrected chi connectivity index (χ4v) is 5.11. The summed E-state index contributed by atoms with van der Waals surface area (Å²) in [6.07, 6.45) is 1.39. The first-order chi connectivity index (χ1) is 18.7. The number of aromatic nitrogens is 2. The van der Waals surface area contributed by atoms with Gasteiger partial charge in [0.2, 0.25) is 0 Å². The number of alkyl halides is 2. The Bertz CT molecular complexity index is 1590. The summed E-state index contributed by atoms with van der Waals surface area (Å²) in [7, 11) is 0. The maximum atomic E-state index is 14.5. The van der Waals surface area contributed by atoms with Crippen LogP contribution < -0.4 is 5.32 Å². The molecule has 1 saturated heterocycles. The van der Waals surface area contributed by atoms with E-state index < -0.39 is 12.2 Å². The molecule has 6 rings (SSSR count). The molecule has 0 spiro atoms. The van der Waals surface area contributed by atoms with E-state index in [1.54, 1.807) is 40.0 Å². The van der Waals surface area contributed by atoms with Crippen molar-refractivity contribution < 1.29 is 22.7 Å². The Morgan fingerprint density at radius 1 is 1.10 bits per heavy atom. The van der Waals surface area contributed by atoms with E-state index in [1.807, 2.05) is 24.3 Å². The van der Waals surface area contributed by atoms with Crippen LogP contribution in [0.4, 0.5) is 18.9 Å². The molecule has 4 aromatic rings. The molecule has 3 aromatic carbocycles. The lowest BCUT2D eigenvalue weighted by Crippen LogP contribution is -2.30. The number of fused-ring (bicyclic) bond motifs is 1. The van der Waals surface area contributed by atoms with E-state index in [0.717, 1.165) is 10.2 Å². The van der Waals surface area contributed by atoms with Crippen LogP contribution in [0.3, 0.4) is 0 Å². The maximum Gasteiger partial charge on any atom is 0.314 e. The van der Waals surface area contributed by atoms with Crippen molar-refractivity contribution in [3.8, 4) is 16.9 Å². The lowest BCUT2D eigenvalue weighted by atomic mass is 10.0. The number of allylic oxidation sites excluding steroid dienone is 1. The van der Waals surface area contributed by atoms with Crippen molar-refractivity contribution in [3.05, 3.63) is 112 Å². The first-order valence-electron chi connectivity index (χ1n) is 12.2. The maximum absolute atomic E-state index is 14.5. The van der Waals surface area contributed by atoms with Crippen LogP contribution in [0.15, 0.2) is 89.7 Å². The van der Waals surface area contributed by atoms with Gasteiger partial charge in [-0.1, -0.05) is 28.6 Å². The van der Waals surface area contributed by atoms with E-state index in [1.165, 1.54) is 18.2 Å². The molecule has 2 aliphatic heterocycles. The van der Waals surface area contributed by atoms with Gasteiger partial charge in [0.05, 0.1) is 16.9 Å². The molecule has 2 aliphatic rings. The van der Waals surface area contributed by atoms with E-state index in [2.05, 4.69) is 27.8 Å². The summed E-state index contributed by atoms with van der Waals surface area (Å²) in [5.74, 6) is -3.75. The van der Waals surface area contributed by atoms with Crippen molar-refractivity contribution in [2.45, 2.75) is 18.6 Å². The molecule has 198 valence electrons. The van der Waals surface area contributed by atoms with E-state index in [4.69, 9.17) is 9.84 Å². The Kier molecular flexibility index (Phi) is 6.31. The van der Waals surface area contributed by atoms with Crippen LogP contribution in [-0.2, 0) is 21.9 Å². The normalized spacial score (nSPS) is 17.9. The quantitative estimate of drug-likeness (QED) is 0.274. The summed E-state index contributed by atoms with van der Waals surface area (Å²) in [6, 6.07) is 18.3. The number of amides is 1. The van der Waals surface area contributed by atoms with Crippen molar-refractivity contribution in [2.75, 3.05) is 18.5 Å². The number of rotatable bonds is 6. The molecule has 0 aliphatic carbocycles. The highest BCUT2D eigenvalue weighted by molar-refractivity contribution is 9.10. The SMILES string of the molecule is C=C1Nc2ccc(CCN3C(=O)COC3c3cn(-c4ccc(Br)cc4)nc3-c3ccc(F)cc3)cc2C1(F)F. The molecule has 1 fully saturated rings. The number of nitrogens with one attached hydrogen (secondary N) is 1. The second kappa shape index (κ2) is 9.69. The van der Waals surface area contributed by atoms with E-state index >= 15 is 0 Å². The average Bonchev–Trinajstić information content (AvgIpc) is 3.58. The Morgan fingerprint density at radius 2 is 1.85 bits per heavy atom. The van der Waals surface area contributed by atoms with Crippen LogP contribution in [0.1, 0.15) is 22.9 Å². The Balaban J connectivity index is 1.32. The number of nitrogens with zero attached hydrogens (tertiary/aromatic N) is 3. The summed E-state index contributed by atoms with van der Waals surface area (Å²) >= 11 is 3.43. The molecule has 0 saturated carbocycles. The number of ether oxygens (including phenoxy) is 1. The smallest absolute Gasteiger partial charge is 0.314 e. The molecular weight excluding hydrogens is 573 g/mol. The van der Waals surface area contributed by atoms with Gasteiger partial charge in [0, 0.05) is 34.0 Å². The van der Waals surface area contributed by atoms with Gasteiger partial charge in [0.15, 0.2) is 6.23 Å². The molecule has 1 N–H and O–H groups in total. The molecule has 0 bridgehead atoms. The zero-order chi connectivity index (χ0) is 27.3. The van der Waals surface area contributed by atoms with Gasteiger partial charge in [-0.05, 0) is 72.6 Å². The van der Waals surface area contributed by atoms with Gasteiger partial charge in [-0.2, -0.15) is 13.9 Å². The largest absolute Gasteiger partial charge is 0.354 e. The lowest BCUT2D eigenvalue weighted by molar-refractivity contribution is -0.128. The van der Waals surface area contributed by atoms with Crippen LogP contribution >= 0.6 is 15.9 Å². The Labute approximate surface area is 230 Å². The van der Waals surface area contributed by atoms with Gasteiger partial charge >= 0.3 is 5.92 Å². The Morgan fingerprint density at radius 3 is 2.59 bits per heavy atom. The number of benzene rings is 3. The van der Waals surface area contributed by atoms with Crippen LogP contribution in [0, 0.1) is 5.82 Å². The molecule has 10 heteroatoms. The van der Waals surface area contributed by atoms with E-state index in [9.17, 15) is 18.0 Å². The summed E-state index contributed by atoms with van der Waals surface area (Å²) in [5.41, 5.74) is 3.15. The zero-order valence-corrected chi connectivity index (χ0v) is 22.1. The molecule has 39 heavy (non-hydrogen) atoms. The third-order valence-corrected chi connectivity index (χ3v) is 7.44. The minimum atomic E-state index is -3.16. The van der Waals surface area contributed by atoms with Crippen LogP contribution in [-0.4, -0.2) is 33.7 Å². The fraction of sp³-hybridized carbons (Fsp3) is 0.172. The highest BCUT2D eigenvalue weighted by Crippen LogP contribution is 2.45. The van der Waals surface area contributed by atoms with Crippen LogP contribution in [0.2, 0.25) is 0 Å². The van der Waals surface area contributed by atoms with Crippen LogP contribution in [0.5, 0.6) is 0 Å².